The van der Waals surface area contributed by atoms with Crippen LogP contribution in [-0.4, -0.2) is 33.3 Å². The number of hydrogen-bond acceptors (Lipinski definition) is 3. The van der Waals surface area contributed by atoms with Crippen molar-refractivity contribution in [2.75, 3.05) is 12.3 Å². The van der Waals surface area contributed by atoms with Crippen molar-refractivity contribution in [3.63, 3.8) is 0 Å². The van der Waals surface area contributed by atoms with E-state index < -0.39 is 0 Å². The highest BCUT2D eigenvalue weighted by atomic mass is 15.3. The summed E-state index contributed by atoms with van der Waals surface area (Å²) in [6.07, 6.45) is 7.63. The summed E-state index contributed by atoms with van der Waals surface area (Å²) in [6, 6.07) is 1.41. The molecule has 4 heteroatoms. The molecule has 2 unspecified atom stereocenters. The molecule has 1 aliphatic rings. The maximum atomic E-state index is 5.64. The Balaban J connectivity index is 1.88. The lowest BCUT2D eigenvalue weighted by Crippen LogP contribution is -2.45. The Kier molecular flexibility index (Phi) is 3.49. The normalized spacial score (nSPS) is 27.1. The summed E-state index contributed by atoms with van der Waals surface area (Å²) >= 11 is 0. The van der Waals surface area contributed by atoms with Gasteiger partial charge in [0, 0.05) is 24.8 Å². The average molecular weight is 222 g/mol. The molecule has 0 saturated carbocycles. The van der Waals surface area contributed by atoms with Crippen molar-refractivity contribution in [2.24, 2.45) is 0 Å². The van der Waals surface area contributed by atoms with Gasteiger partial charge in [-0.3, -0.25) is 9.58 Å². The van der Waals surface area contributed by atoms with E-state index in [9.17, 15) is 0 Å². The van der Waals surface area contributed by atoms with Gasteiger partial charge in [-0.1, -0.05) is 6.42 Å². The van der Waals surface area contributed by atoms with Crippen LogP contribution in [0.2, 0.25) is 0 Å². The number of likely N-dealkylation sites (tertiary alicyclic amines) is 1. The molecule has 1 fully saturated rings. The minimum Gasteiger partial charge on any atom is -0.396 e. The molecule has 1 aromatic heterocycles. The van der Waals surface area contributed by atoms with Crippen molar-refractivity contribution in [2.45, 2.75) is 51.7 Å². The third-order valence-corrected chi connectivity index (χ3v) is 3.62. The summed E-state index contributed by atoms with van der Waals surface area (Å²) in [5, 5.41) is 4.22. The molecule has 2 rings (SSSR count). The van der Waals surface area contributed by atoms with Gasteiger partial charge in [-0.05, 0) is 26.7 Å². The fourth-order valence-corrected chi connectivity index (χ4v) is 2.64. The van der Waals surface area contributed by atoms with E-state index in [1.807, 2.05) is 10.9 Å². The molecular formula is C12H22N4. The molecule has 0 aliphatic carbocycles. The molecule has 0 spiro atoms. The average Bonchev–Trinajstić information content (AvgIpc) is 2.63. The number of anilines is 1. The molecule has 4 nitrogen and oxygen atoms in total. The van der Waals surface area contributed by atoms with E-state index in [1.54, 1.807) is 6.20 Å². The van der Waals surface area contributed by atoms with E-state index in [0.29, 0.717) is 12.1 Å². The maximum absolute atomic E-state index is 5.64. The van der Waals surface area contributed by atoms with E-state index in [2.05, 4.69) is 23.8 Å². The molecule has 2 heterocycles. The number of nitrogen functional groups attached to an aromatic ring is 1. The fourth-order valence-electron chi connectivity index (χ4n) is 2.64. The molecule has 1 saturated heterocycles. The summed E-state index contributed by atoms with van der Waals surface area (Å²) in [5.41, 5.74) is 6.39. The number of hydrogen-bond donors (Lipinski definition) is 1. The fraction of sp³-hybridized carbons (Fsp3) is 0.750. The van der Waals surface area contributed by atoms with Gasteiger partial charge in [-0.2, -0.15) is 5.10 Å². The van der Waals surface area contributed by atoms with Gasteiger partial charge in [-0.15, -0.1) is 0 Å². The highest BCUT2D eigenvalue weighted by Crippen LogP contribution is 2.22. The second-order valence-electron chi connectivity index (χ2n) is 4.90. The third kappa shape index (κ3) is 2.55. The van der Waals surface area contributed by atoms with Crippen LogP contribution >= 0.6 is 0 Å². The van der Waals surface area contributed by atoms with Gasteiger partial charge in [0.15, 0.2) is 0 Å². The van der Waals surface area contributed by atoms with Crippen LogP contribution in [-0.2, 0) is 6.54 Å². The Morgan fingerprint density at radius 3 is 2.56 bits per heavy atom. The first-order valence-electron chi connectivity index (χ1n) is 6.20. The van der Waals surface area contributed by atoms with Crippen molar-refractivity contribution in [3.05, 3.63) is 12.4 Å². The van der Waals surface area contributed by atoms with Crippen LogP contribution in [0.25, 0.3) is 0 Å². The Morgan fingerprint density at radius 1 is 1.31 bits per heavy atom. The van der Waals surface area contributed by atoms with Gasteiger partial charge in [0.25, 0.3) is 0 Å². The van der Waals surface area contributed by atoms with Gasteiger partial charge < -0.3 is 5.73 Å². The van der Waals surface area contributed by atoms with E-state index in [-0.39, 0.29) is 0 Å². The zero-order valence-electron chi connectivity index (χ0n) is 10.3. The van der Waals surface area contributed by atoms with E-state index in [4.69, 9.17) is 5.73 Å². The maximum Gasteiger partial charge on any atom is 0.0719 e. The zero-order chi connectivity index (χ0) is 11.5. The standard InChI is InChI=1S/C12H22N4/c1-10-4-3-5-11(2)16(10)7-6-15-9-12(13)8-14-15/h8-11H,3-7,13H2,1-2H3. The minimum absolute atomic E-state index is 0.705. The van der Waals surface area contributed by atoms with Crippen LogP contribution in [0.15, 0.2) is 12.4 Å². The van der Waals surface area contributed by atoms with Gasteiger partial charge in [0.05, 0.1) is 18.4 Å². The largest absolute Gasteiger partial charge is 0.396 e. The molecule has 2 atom stereocenters. The molecule has 2 N–H and O–H groups in total. The second-order valence-corrected chi connectivity index (χ2v) is 4.90. The lowest BCUT2D eigenvalue weighted by atomic mass is 9.98. The van der Waals surface area contributed by atoms with E-state index in [0.717, 1.165) is 18.8 Å². The first-order valence-corrected chi connectivity index (χ1v) is 6.20. The SMILES string of the molecule is CC1CCCC(C)N1CCn1cc(N)cn1. The van der Waals surface area contributed by atoms with Crippen molar-refractivity contribution in [1.29, 1.82) is 0 Å². The van der Waals surface area contributed by atoms with Gasteiger partial charge >= 0.3 is 0 Å². The number of aromatic nitrogens is 2. The van der Waals surface area contributed by atoms with Gasteiger partial charge in [0.2, 0.25) is 0 Å². The van der Waals surface area contributed by atoms with Crippen molar-refractivity contribution in [1.82, 2.24) is 14.7 Å². The lowest BCUT2D eigenvalue weighted by Gasteiger charge is -2.38. The lowest BCUT2D eigenvalue weighted by molar-refractivity contribution is 0.0978. The number of nitrogens with zero attached hydrogens (tertiary/aromatic N) is 3. The van der Waals surface area contributed by atoms with Gasteiger partial charge in [0.1, 0.15) is 0 Å². The number of nitrogens with two attached hydrogens (primary N) is 1. The number of piperidine rings is 1. The van der Waals surface area contributed by atoms with Crippen LogP contribution in [0.1, 0.15) is 33.1 Å². The van der Waals surface area contributed by atoms with E-state index in [1.165, 1.54) is 19.3 Å². The molecule has 90 valence electrons. The smallest absolute Gasteiger partial charge is 0.0719 e. The first-order chi connectivity index (χ1) is 7.66. The second kappa shape index (κ2) is 4.87. The predicted molar refractivity (Wildman–Crippen MR) is 66.1 cm³/mol. The summed E-state index contributed by atoms with van der Waals surface area (Å²) < 4.78 is 1.93. The molecular weight excluding hydrogens is 200 g/mol. The Bertz CT molecular complexity index is 324. The van der Waals surface area contributed by atoms with Crippen molar-refractivity contribution >= 4 is 5.69 Å². The molecule has 0 radical (unpaired) electrons. The minimum atomic E-state index is 0.705. The first kappa shape index (κ1) is 11.5. The Hall–Kier alpha value is -1.03. The Morgan fingerprint density at radius 2 is 2.00 bits per heavy atom. The van der Waals surface area contributed by atoms with Crippen molar-refractivity contribution in [3.8, 4) is 0 Å². The summed E-state index contributed by atoms with van der Waals surface area (Å²) in [7, 11) is 0. The highest BCUT2D eigenvalue weighted by Gasteiger charge is 2.23. The molecule has 1 aliphatic heterocycles. The molecule has 16 heavy (non-hydrogen) atoms. The van der Waals surface area contributed by atoms with Crippen LogP contribution < -0.4 is 5.73 Å². The van der Waals surface area contributed by atoms with Gasteiger partial charge in [-0.25, -0.2) is 0 Å². The molecule has 0 bridgehead atoms. The molecule has 0 aromatic carbocycles. The molecule has 0 amide bonds. The Labute approximate surface area is 97.4 Å². The van der Waals surface area contributed by atoms with Crippen LogP contribution in [0.3, 0.4) is 0 Å². The molecule has 1 aromatic rings. The monoisotopic (exact) mass is 222 g/mol. The topological polar surface area (TPSA) is 47.1 Å². The number of rotatable bonds is 3. The summed E-state index contributed by atoms with van der Waals surface area (Å²) in [4.78, 5) is 2.58. The van der Waals surface area contributed by atoms with Crippen LogP contribution in [0, 0.1) is 0 Å². The van der Waals surface area contributed by atoms with Crippen LogP contribution in [0.4, 0.5) is 5.69 Å². The summed E-state index contributed by atoms with van der Waals surface area (Å²) in [6.45, 7) is 6.66. The van der Waals surface area contributed by atoms with Crippen molar-refractivity contribution < 1.29 is 0 Å². The predicted octanol–water partition coefficient (Wildman–Crippen LogP) is 1.73. The van der Waals surface area contributed by atoms with Crippen LogP contribution in [0.5, 0.6) is 0 Å². The highest BCUT2D eigenvalue weighted by molar-refractivity contribution is 5.30. The quantitative estimate of drug-likeness (QED) is 0.847. The summed E-state index contributed by atoms with van der Waals surface area (Å²) in [5.74, 6) is 0. The van der Waals surface area contributed by atoms with E-state index >= 15 is 0 Å². The third-order valence-electron chi connectivity index (χ3n) is 3.62. The zero-order valence-corrected chi connectivity index (χ0v) is 10.3.